The lowest BCUT2D eigenvalue weighted by molar-refractivity contribution is 0.0945. The largest absolute Gasteiger partial charge is 0.497 e. The van der Waals surface area contributed by atoms with Gasteiger partial charge in [-0.05, 0) is 29.8 Å². The number of rotatable bonds is 7. The molecule has 1 heterocycles. The van der Waals surface area contributed by atoms with Gasteiger partial charge in [0, 0.05) is 17.6 Å². The van der Waals surface area contributed by atoms with E-state index in [9.17, 15) is 4.79 Å². The molecule has 3 rings (SSSR count). The van der Waals surface area contributed by atoms with Crippen molar-refractivity contribution in [2.45, 2.75) is 6.54 Å². The molecule has 2 aromatic carbocycles. The van der Waals surface area contributed by atoms with Crippen LogP contribution in [0.3, 0.4) is 0 Å². The second-order valence-corrected chi connectivity index (χ2v) is 6.22. The van der Waals surface area contributed by atoms with Gasteiger partial charge in [0.2, 0.25) is 0 Å². The van der Waals surface area contributed by atoms with Crippen molar-refractivity contribution >= 4 is 29.0 Å². The van der Waals surface area contributed by atoms with E-state index >= 15 is 0 Å². The molecule has 1 amide bonds. The summed E-state index contributed by atoms with van der Waals surface area (Å²) in [6, 6.07) is 12.6. The van der Waals surface area contributed by atoms with Crippen LogP contribution in [0.2, 0.25) is 5.02 Å². The van der Waals surface area contributed by atoms with Crippen molar-refractivity contribution in [1.82, 2.24) is 15.3 Å². The van der Waals surface area contributed by atoms with Gasteiger partial charge in [-0.1, -0.05) is 23.7 Å². The number of halogens is 1. The topological polar surface area (TPSA) is 85.4 Å². The average molecular weight is 399 g/mol. The van der Waals surface area contributed by atoms with E-state index in [1.807, 2.05) is 12.1 Å². The van der Waals surface area contributed by atoms with Gasteiger partial charge in [0.1, 0.15) is 23.0 Å². The first-order valence-corrected chi connectivity index (χ1v) is 8.80. The molecule has 0 bridgehead atoms. The first-order chi connectivity index (χ1) is 13.6. The summed E-state index contributed by atoms with van der Waals surface area (Å²) in [7, 11) is 3.16. The van der Waals surface area contributed by atoms with E-state index in [2.05, 4.69) is 20.6 Å². The Labute approximate surface area is 167 Å². The zero-order valence-corrected chi connectivity index (χ0v) is 16.2. The van der Waals surface area contributed by atoms with Crippen molar-refractivity contribution in [1.29, 1.82) is 0 Å². The molecule has 0 radical (unpaired) electrons. The van der Waals surface area contributed by atoms with Crippen LogP contribution < -0.4 is 20.1 Å². The fourth-order valence-corrected chi connectivity index (χ4v) is 2.56. The van der Waals surface area contributed by atoms with Crippen LogP contribution >= 0.6 is 11.6 Å². The maximum absolute atomic E-state index is 12.2. The van der Waals surface area contributed by atoms with E-state index in [0.717, 1.165) is 5.56 Å². The summed E-state index contributed by atoms with van der Waals surface area (Å²) in [5.74, 6) is 1.47. The van der Waals surface area contributed by atoms with Crippen LogP contribution in [0.15, 0.2) is 54.9 Å². The lowest BCUT2D eigenvalue weighted by atomic mass is 10.2. The minimum absolute atomic E-state index is 0.220. The van der Waals surface area contributed by atoms with E-state index in [0.29, 0.717) is 34.6 Å². The summed E-state index contributed by atoms with van der Waals surface area (Å²) in [5.41, 5.74) is 1.84. The molecule has 144 valence electrons. The first-order valence-electron chi connectivity index (χ1n) is 8.43. The third kappa shape index (κ3) is 4.89. The number of carbonyl (C=O) groups is 1. The molecule has 0 saturated carbocycles. The lowest BCUT2D eigenvalue weighted by Gasteiger charge is -2.12. The summed E-state index contributed by atoms with van der Waals surface area (Å²) in [5, 5.41) is 6.55. The highest BCUT2D eigenvalue weighted by atomic mass is 35.5. The summed E-state index contributed by atoms with van der Waals surface area (Å²) in [6.45, 7) is 0.374. The Balaban J connectivity index is 1.64. The number of nitrogens with zero attached hydrogens (tertiary/aromatic N) is 2. The smallest absolute Gasteiger partial charge is 0.271 e. The Morgan fingerprint density at radius 1 is 1.04 bits per heavy atom. The summed E-state index contributed by atoms with van der Waals surface area (Å²) < 4.78 is 10.5. The molecular weight excluding hydrogens is 380 g/mol. The van der Waals surface area contributed by atoms with Gasteiger partial charge < -0.3 is 20.1 Å². The van der Waals surface area contributed by atoms with Crippen molar-refractivity contribution in [2.24, 2.45) is 0 Å². The number of hydrogen-bond acceptors (Lipinski definition) is 6. The Morgan fingerprint density at radius 3 is 2.46 bits per heavy atom. The number of ether oxygens (including phenoxy) is 2. The summed E-state index contributed by atoms with van der Waals surface area (Å²) >= 11 is 5.85. The molecule has 7 nitrogen and oxygen atoms in total. The van der Waals surface area contributed by atoms with Crippen LogP contribution in [0.4, 0.5) is 11.5 Å². The maximum atomic E-state index is 12.2. The average Bonchev–Trinajstić information content (AvgIpc) is 2.73. The Bertz CT molecular complexity index is 947. The minimum Gasteiger partial charge on any atom is -0.497 e. The van der Waals surface area contributed by atoms with Crippen LogP contribution in [0.25, 0.3) is 0 Å². The second-order valence-electron chi connectivity index (χ2n) is 5.79. The fraction of sp³-hybridized carbons (Fsp3) is 0.150. The molecule has 0 aliphatic carbocycles. The monoisotopic (exact) mass is 398 g/mol. The zero-order chi connectivity index (χ0) is 19.9. The van der Waals surface area contributed by atoms with Gasteiger partial charge in [0.15, 0.2) is 0 Å². The van der Waals surface area contributed by atoms with Crippen LogP contribution in [-0.2, 0) is 6.54 Å². The Kier molecular flexibility index (Phi) is 6.29. The van der Waals surface area contributed by atoms with Gasteiger partial charge in [-0.25, -0.2) is 9.97 Å². The molecule has 0 aliphatic heterocycles. The SMILES string of the molecule is COc1ccc(OC)c(Nc2cnc(C(=O)NCc3ccc(Cl)cc3)cn2)c1. The molecular formula is C20H19ClN4O3. The minimum atomic E-state index is -0.312. The quantitative estimate of drug-likeness (QED) is 0.629. The number of anilines is 2. The van der Waals surface area contributed by atoms with Crippen LogP contribution in [0.5, 0.6) is 11.5 Å². The van der Waals surface area contributed by atoms with E-state index in [-0.39, 0.29) is 11.6 Å². The van der Waals surface area contributed by atoms with Crippen LogP contribution in [0.1, 0.15) is 16.1 Å². The highest BCUT2D eigenvalue weighted by molar-refractivity contribution is 6.30. The van der Waals surface area contributed by atoms with E-state index < -0.39 is 0 Å². The number of amides is 1. The Morgan fingerprint density at radius 2 is 1.82 bits per heavy atom. The van der Waals surface area contributed by atoms with Gasteiger partial charge in [-0.3, -0.25) is 4.79 Å². The summed E-state index contributed by atoms with van der Waals surface area (Å²) in [6.07, 6.45) is 2.89. The van der Waals surface area contributed by atoms with Gasteiger partial charge in [-0.15, -0.1) is 0 Å². The third-order valence-corrected chi connectivity index (χ3v) is 4.17. The van der Waals surface area contributed by atoms with E-state index in [4.69, 9.17) is 21.1 Å². The number of carbonyl (C=O) groups excluding carboxylic acids is 1. The lowest BCUT2D eigenvalue weighted by Crippen LogP contribution is -2.24. The van der Waals surface area contributed by atoms with Crippen molar-refractivity contribution in [3.05, 3.63) is 71.1 Å². The number of aromatic nitrogens is 2. The number of hydrogen-bond donors (Lipinski definition) is 2. The van der Waals surface area contributed by atoms with Gasteiger partial charge >= 0.3 is 0 Å². The van der Waals surface area contributed by atoms with E-state index in [1.54, 1.807) is 44.6 Å². The molecule has 2 N–H and O–H groups in total. The normalized spacial score (nSPS) is 10.2. The van der Waals surface area contributed by atoms with Crippen molar-refractivity contribution in [3.63, 3.8) is 0 Å². The molecule has 0 saturated heterocycles. The number of benzene rings is 2. The molecule has 1 aromatic heterocycles. The molecule has 0 unspecified atom stereocenters. The zero-order valence-electron chi connectivity index (χ0n) is 15.4. The molecule has 8 heteroatoms. The molecule has 0 spiro atoms. The molecule has 28 heavy (non-hydrogen) atoms. The second kappa shape index (κ2) is 9.05. The highest BCUT2D eigenvalue weighted by Gasteiger charge is 2.10. The van der Waals surface area contributed by atoms with Gasteiger partial charge in [0.05, 0.1) is 32.3 Å². The fourth-order valence-electron chi connectivity index (χ4n) is 2.43. The van der Waals surface area contributed by atoms with E-state index in [1.165, 1.54) is 12.4 Å². The highest BCUT2D eigenvalue weighted by Crippen LogP contribution is 2.30. The summed E-state index contributed by atoms with van der Waals surface area (Å²) in [4.78, 5) is 20.7. The van der Waals surface area contributed by atoms with Crippen molar-refractivity contribution in [3.8, 4) is 11.5 Å². The predicted octanol–water partition coefficient (Wildman–Crippen LogP) is 3.82. The molecule has 3 aromatic rings. The third-order valence-electron chi connectivity index (χ3n) is 3.92. The standard InChI is InChI=1S/C20H19ClN4O3/c1-27-15-7-8-18(28-2)16(9-15)25-19-12-22-17(11-23-19)20(26)24-10-13-3-5-14(21)6-4-13/h3-9,11-12H,10H2,1-2H3,(H,23,25)(H,24,26). The molecule has 0 fully saturated rings. The molecule has 0 atom stereocenters. The number of nitrogens with one attached hydrogen (secondary N) is 2. The Hall–Kier alpha value is -3.32. The maximum Gasteiger partial charge on any atom is 0.271 e. The van der Waals surface area contributed by atoms with Crippen LogP contribution in [0, 0.1) is 0 Å². The van der Waals surface area contributed by atoms with Crippen molar-refractivity contribution < 1.29 is 14.3 Å². The molecule has 0 aliphatic rings. The van der Waals surface area contributed by atoms with Gasteiger partial charge in [-0.2, -0.15) is 0 Å². The predicted molar refractivity (Wildman–Crippen MR) is 107 cm³/mol. The number of methoxy groups -OCH3 is 2. The van der Waals surface area contributed by atoms with Crippen LogP contribution in [-0.4, -0.2) is 30.1 Å². The van der Waals surface area contributed by atoms with Gasteiger partial charge in [0.25, 0.3) is 5.91 Å². The first kappa shape index (κ1) is 19.4. The van der Waals surface area contributed by atoms with Crippen molar-refractivity contribution in [2.75, 3.05) is 19.5 Å².